The van der Waals surface area contributed by atoms with E-state index in [1.54, 1.807) is 56.5 Å². The average Bonchev–Trinajstić information content (AvgIpc) is 3.01. The first-order valence-electron chi connectivity index (χ1n) is 7.13. The van der Waals surface area contributed by atoms with Crippen LogP contribution >= 0.6 is 0 Å². The quantitative estimate of drug-likeness (QED) is 0.743. The molecule has 0 aliphatic carbocycles. The van der Waals surface area contributed by atoms with Crippen molar-refractivity contribution in [1.82, 2.24) is 15.4 Å². The van der Waals surface area contributed by atoms with Crippen molar-refractivity contribution in [3.05, 3.63) is 53.8 Å². The van der Waals surface area contributed by atoms with E-state index in [9.17, 15) is 4.79 Å². The van der Waals surface area contributed by atoms with Gasteiger partial charge in [-0.05, 0) is 37.3 Å². The number of methoxy groups -OCH3 is 1. The van der Waals surface area contributed by atoms with Gasteiger partial charge in [-0.2, -0.15) is 0 Å². The number of aryl methyl sites for hydroxylation is 1. The average molecular weight is 325 g/mol. The van der Waals surface area contributed by atoms with E-state index in [0.29, 0.717) is 34.5 Å². The highest BCUT2D eigenvalue weighted by atomic mass is 16.5. The van der Waals surface area contributed by atoms with Crippen molar-refractivity contribution in [3.8, 4) is 5.75 Å². The second-order valence-corrected chi connectivity index (χ2v) is 4.94. The highest BCUT2D eigenvalue weighted by Gasteiger charge is 2.09. The van der Waals surface area contributed by atoms with Gasteiger partial charge in [-0.1, -0.05) is 11.2 Å². The summed E-state index contributed by atoms with van der Waals surface area (Å²) in [4.78, 5) is 12.2. The number of carbonyl (C=O) groups excluding carboxylic acids is 1. The first-order valence-corrected chi connectivity index (χ1v) is 7.13. The zero-order valence-corrected chi connectivity index (χ0v) is 13.1. The number of hydrogen-bond acceptors (Lipinski definition) is 7. The lowest BCUT2D eigenvalue weighted by Gasteiger charge is -2.06. The van der Waals surface area contributed by atoms with E-state index in [-0.39, 0.29) is 5.91 Å². The maximum atomic E-state index is 12.2. The summed E-state index contributed by atoms with van der Waals surface area (Å²) in [7, 11) is 1.55. The fourth-order valence-electron chi connectivity index (χ4n) is 1.97. The van der Waals surface area contributed by atoms with Crippen molar-refractivity contribution in [2.45, 2.75) is 6.92 Å². The molecule has 0 saturated carbocycles. The van der Waals surface area contributed by atoms with Crippen LogP contribution in [-0.2, 0) is 0 Å². The number of ether oxygens (including phenoxy) is 1. The van der Waals surface area contributed by atoms with E-state index in [4.69, 9.17) is 9.26 Å². The maximum absolute atomic E-state index is 12.2. The molecule has 2 heterocycles. The Morgan fingerprint density at radius 3 is 2.54 bits per heavy atom. The van der Waals surface area contributed by atoms with Gasteiger partial charge in [-0.15, -0.1) is 10.2 Å². The van der Waals surface area contributed by atoms with Crippen LogP contribution in [0.2, 0.25) is 0 Å². The van der Waals surface area contributed by atoms with Crippen LogP contribution in [0.3, 0.4) is 0 Å². The molecule has 0 spiro atoms. The van der Waals surface area contributed by atoms with Gasteiger partial charge in [0, 0.05) is 11.6 Å². The molecule has 0 saturated heterocycles. The molecule has 0 atom stereocenters. The molecule has 0 aliphatic heterocycles. The van der Waals surface area contributed by atoms with Crippen molar-refractivity contribution in [1.29, 1.82) is 0 Å². The molecule has 2 N–H and O–H groups in total. The topological polar surface area (TPSA) is 102 Å². The predicted octanol–water partition coefficient (Wildman–Crippen LogP) is 2.78. The Balaban J connectivity index is 1.66. The van der Waals surface area contributed by atoms with Crippen LogP contribution in [-0.4, -0.2) is 28.4 Å². The van der Waals surface area contributed by atoms with Gasteiger partial charge in [0.1, 0.15) is 11.5 Å². The van der Waals surface area contributed by atoms with Crippen molar-refractivity contribution < 1.29 is 14.1 Å². The highest BCUT2D eigenvalue weighted by Crippen LogP contribution is 2.16. The van der Waals surface area contributed by atoms with Crippen molar-refractivity contribution >= 4 is 23.4 Å². The summed E-state index contributed by atoms with van der Waals surface area (Å²) in [6.07, 6.45) is 0. The zero-order chi connectivity index (χ0) is 16.9. The Hall–Kier alpha value is -3.42. The number of hydrogen-bond donors (Lipinski definition) is 2. The van der Waals surface area contributed by atoms with Crippen LogP contribution in [0, 0.1) is 6.92 Å². The maximum Gasteiger partial charge on any atom is 0.256 e. The number of nitrogens with zero attached hydrogens (tertiary/aromatic N) is 3. The first-order chi connectivity index (χ1) is 11.6. The van der Waals surface area contributed by atoms with Crippen molar-refractivity contribution in [2.24, 2.45) is 0 Å². The van der Waals surface area contributed by atoms with Crippen LogP contribution in [0.5, 0.6) is 5.75 Å². The molecular formula is C16H15N5O3. The van der Waals surface area contributed by atoms with Crippen LogP contribution in [0.1, 0.15) is 16.1 Å². The monoisotopic (exact) mass is 325 g/mol. The molecule has 0 fully saturated rings. The van der Waals surface area contributed by atoms with Gasteiger partial charge in [0.05, 0.1) is 7.11 Å². The summed E-state index contributed by atoms with van der Waals surface area (Å²) in [5.41, 5.74) is 0.469. The smallest absolute Gasteiger partial charge is 0.256 e. The third-order valence-electron chi connectivity index (χ3n) is 3.12. The van der Waals surface area contributed by atoms with E-state index in [1.807, 2.05) is 0 Å². The van der Waals surface area contributed by atoms with Gasteiger partial charge in [0.2, 0.25) is 0 Å². The molecular weight excluding hydrogens is 310 g/mol. The van der Waals surface area contributed by atoms with Gasteiger partial charge in [0.25, 0.3) is 5.91 Å². The van der Waals surface area contributed by atoms with Gasteiger partial charge >= 0.3 is 0 Å². The summed E-state index contributed by atoms with van der Waals surface area (Å²) in [6, 6.07) is 11.9. The third kappa shape index (κ3) is 3.67. The largest absolute Gasteiger partial charge is 0.497 e. The van der Waals surface area contributed by atoms with E-state index >= 15 is 0 Å². The molecule has 122 valence electrons. The van der Waals surface area contributed by atoms with Crippen LogP contribution in [0.15, 0.2) is 47.0 Å². The lowest BCUT2D eigenvalue weighted by atomic mass is 10.2. The minimum atomic E-state index is -0.295. The number of amides is 1. The Morgan fingerprint density at radius 1 is 1.08 bits per heavy atom. The lowest BCUT2D eigenvalue weighted by molar-refractivity contribution is 0.102. The summed E-state index contributed by atoms with van der Waals surface area (Å²) < 4.78 is 10.1. The van der Waals surface area contributed by atoms with Crippen LogP contribution < -0.4 is 15.4 Å². The SMILES string of the molecule is COc1cccc(C(=O)Nc2ccc(Nc3cc(C)on3)nn2)c1. The van der Waals surface area contributed by atoms with Gasteiger partial charge in [-0.3, -0.25) is 4.79 Å². The molecule has 24 heavy (non-hydrogen) atoms. The second-order valence-electron chi connectivity index (χ2n) is 4.94. The fourth-order valence-corrected chi connectivity index (χ4v) is 1.97. The minimum Gasteiger partial charge on any atom is -0.497 e. The molecule has 8 nitrogen and oxygen atoms in total. The van der Waals surface area contributed by atoms with Gasteiger partial charge in [0.15, 0.2) is 17.5 Å². The van der Waals surface area contributed by atoms with Crippen molar-refractivity contribution in [2.75, 3.05) is 17.7 Å². The molecule has 2 aromatic heterocycles. The summed E-state index contributed by atoms with van der Waals surface area (Å²) in [6.45, 7) is 1.79. The fraction of sp³-hybridized carbons (Fsp3) is 0.125. The Bertz CT molecular complexity index is 845. The number of aromatic nitrogens is 3. The Labute approximate surface area is 137 Å². The van der Waals surface area contributed by atoms with Gasteiger partial charge < -0.3 is 19.9 Å². The van der Waals surface area contributed by atoms with E-state index in [2.05, 4.69) is 26.0 Å². The Morgan fingerprint density at radius 2 is 1.88 bits per heavy atom. The number of carbonyl (C=O) groups is 1. The molecule has 1 aromatic carbocycles. The standard InChI is InChI=1S/C16H15N5O3/c1-10-8-15(21-24-10)17-13-6-7-14(20-19-13)18-16(22)11-4-3-5-12(9-11)23-2/h3-9H,1-2H3,(H,17,19,21)(H,18,20,22). The Kier molecular flexibility index (Phi) is 4.37. The number of rotatable bonds is 5. The number of benzene rings is 1. The van der Waals surface area contributed by atoms with Crippen molar-refractivity contribution in [3.63, 3.8) is 0 Å². The van der Waals surface area contributed by atoms with Crippen LogP contribution in [0.4, 0.5) is 17.5 Å². The summed E-state index contributed by atoms with van der Waals surface area (Å²) in [5.74, 6) is 2.36. The van der Waals surface area contributed by atoms with E-state index in [1.165, 1.54) is 0 Å². The molecule has 3 rings (SSSR count). The molecule has 8 heteroatoms. The normalized spacial score (nSPS) is 10.2. The highest BCUT2D eigenvalue weighted by molar-refractivity contribution is 6.03. The number of nitrogens with one attached hydrogen (secondary N) is 2. The zero-order valence-electron chi connectivity index (χ0n) is 13.1. The summed E-state index contributed by atoms with van der Waals surface area (Å²) in [5, 5.41) is 17.4. The van der Waals surface area contributed by atoms with E-state index < -0.39 is 0 Å². The number of anilines is 3. The molecule has 0 aliphatic rings. The molecule has 3 aromatic rings. The molecule has 0 radical (unpaired) electrons. The van der Waals surface area contributed by atoms with E-state index in [0.717, 1.165) is 0 Å². The van der Waals surface area contributed by atoms with Gasteiger partial charge in [-0.25, -0.2) is 0 Å². The minimum absolute atomic E-state index is 0.295. The second kappa shape index (κ2) is 6.78. The molecule has 0 bridgehead atoms. The first kappa shape index (κ1) is 15.5. The third-order valence-corrected chi connectivity index (χ3v) is 3.12. The molecule has 0 unspecified atom stereocenters. The summed E-state index contributed by atoms with van der Waals surface area (Å²) >= 11 is 0. The van der Waals surface area contributed by atoms with Crippen LogP contribution in [0.25, 0.3) is 0 Å². The molecule has 1 amide bonds. The predicted molar refractivity (Wildman–Crippen MR) is 87.5 cm³/mol. The lowest BCUT2D eigenvalue weighted by Crippen LogP contribution is -2.13.